The monoisotopic (exact) mass is 477 g/mol. The van der Waals surface area contributed by atoms with E-state index in [4.69, 9.17) is 10.8 Å². The Kier molecular flexibility index (Phi) is 10.6. The van der Waals surface area contributed by atoms with Gasteiger partial charge >= 0.3 is 0 Å². The number of halogens is 1. The maximum absolute atomic E-state index is 13.5. The van der Waals surface area contributed by atoms with Crippen LogP contribution in [0.4, 0.5) is 4.39 Å². The predicted octanol–water partition coefficient (Wildman–Crippen LogP) is 6.73. The first-order valence-electron chi connectivity index (χ1n) is 12.5. The number of fused-ring (bicyclic) bond motifs is 1. The number of rotatable bonds is 6. The van der Waals surface area contributed by atoms with E-state index < -0.39 is 0 Å². The van der Waals surface area contributed by atoms with Crippen LogP contribution in [0.1, 0.15) is 76.6 Å². The first-order valence-corrected chi connectivity index (χ1v) is 12.5. The van der Waals surface area contributed by atoms with Gasteiger partial charge in [0.15, 0.2) is 5.78 Å². The number of ketones is 1. The predicted molar refractivity (Wildman–Crippen MR) is 146 cm³/mol. The molecule has 1 atom stereocenters. The molecule has 0 aliphatic carbocycles. The van der Waals surface area contributed by atoms with Gasteiger partial charge in [0.25, 0.3) is 0 Å². The van der Waals surface area contributed by atoms with E-state index in [2.05, 4.69) is 39.8 Å². The van der Waals surface area contributed by atoms with E-state index in [9.17, 15) is 9.18 Å². The van der Waals surface area contributed by atoms with Gasteiger partial charge in [0, 0.05) is 35.9 Å². The first kappa shape index (κ1) is 28.2. The van der Waals surface area contributed by atoms with Gasteiger partial charge in [-0.25, -0.2) is 4.39 Å². The van der Waals surface area contributed by atoms with Gasteiger partial charge in [-0.3, -0.25) is 9.80 Å². The zero-order chi connectivity index (χ0) is 26.1. The van der Waals surface area contributed by atoms with E-state index >= 15 is 0 Å². The molecule has 5 heteroatoms. The van der Waals surface area contributed by atoms with Crippen molar-refractivity contribution in [3.8, 4) is 0 Å². The number of nitrogens with two attached hydrogens (primary N) is 1. The molecule has 0 bridgehead atoms. The molecular formula is C30H40FN3O. The van der Waals surface area contributed by atoms with Crippen molar-refractivity contribution in [1.82, 2.24) is 5.01 Å². The highest BCUT2D eigenvalue weighted by atomic mass is 19.1. The van der Waals surface area contributed by atoms with E-state index in [1.165, 1.54) is 25.5 Å². The number of hydrogen-bond acceptors (Lipinski definition) is 4. The lowest BCUT2D eigenvalue weighted by atomic mass is 9.89. The van der Waals surface area contributed by atoms with Crippen LogP contribution in [0.2, 0.25) is 0 Å². The second-order valence-corrected chi connectivity index (χ2v) is 9.38. The minimum absolute atomic E-state index is 0.0534. The molecule has 2 aromatic rings. The van der Waals surface area contributed by atoms with Crippen LogP contribution < -0.4 is 5.73 Å². The average molecular weight is 478 g/mol. The zero-order valence-corrected chi connectivity index (χ0v) is 22.2. The second-order valence-electron chi connectivity index (χ2n) is 9.38. The summed E-state index contributed by atoms with van der Waals surface area (Å²) in [4.78, 5) is 11.9. The maximum Gasteiger partial charge on any atom is 0.154 e. The third kappa shape index (κ3) is 7.72. The molecule has 2 N–H and O–H groups in total. The molecule has 0 aromatic heterocycles. The molecule has 188 valence electrons. The lowest BCUT2D eigenvalue weighted by Crippen LogP contribution is -2.21. The van der Waals surface area contributed by atoms with Crippen molar-refractivity contribution < 1.29 is 9.18 Å². The highest BCUT2D eigenvalue weighted by Gasteiger charge is 2.24. The molecule has 2 aromatic carbocycles. The van der Waals surface area contributed by atoms with Gasteiger partial charge in [-0.05, 0) is 68.0 Å². The van der Waals surface area contributed by atoms with Crippen LogP contribution in [0.15, 0.2) is 65.4 Å². The Hall–Kier alpha value is -3.05. The Morgan fingerprint density at radius 1 is 1.09 bits per heavy atom. The summed E-state index contributed by atoms with van der Waals surface area (Å²) < 4.78 is 13.5. The largest absolute Gasteiger partial charge is 0.327 e. The van der Waals surface area contributed by atoms with Crippen LogP contribution in [0.3, 0.4) is 0 Å². The van der Waals surface area contributed by atoms with Gasteiger partial charge in [0.2, 0.25) is 0 Å². The van der Waals surface area contributed by atoms with E-state index in [0.29, 0.717) is 0 Å². The number of benzene rings is 2. The maximum atomic E-state index is 13.5. The lowest BCUT2D eigenvalue weighted by Gasteiger charge is -2.18. The normalized spacial score (nSPS) is 16.4. The number of hydrogen-bond donors (Lipinski definition) is 1. The highest BCUT2D eigenvalue weighted by molar-refractivity contribution is 6.16. The summed E-state index contributed by atoms with van der Waals surface area (Å²) in [5, 5.41) is 6.51. The second kappa shape index (κ2) is 13.1. The first-order chi connectivity index (χ1) is 16.6. The standard InChI is InChI=1S/C25H28FN3O.C5H12/c1-5-20(27)14-17-7-12-22-23(15-17)21(6-2)24(13-16(3)30)29(4)28-25(22)18-8-10-19(26)11-9-18;1-4-5(2)3/h6-13,15,20H,5,14,27H2,1-4H3;5H,4H2,1-3H3/b21-6-,24-13+;. The van der Waals surface area contributed by atoms with Crippen molar-refractivity contribution in [2.45, 2.75) is 66.8 Å². The van der Waals surface area contributed by atoms with Crippen molar-refractivity contribution >= 4 is 17.1 Å². The Morgan fingerprint density at radius 3 is 2.23 bits per heavy atom. The van der Waals surface area contributed by atoms with Crippen LogP contribution in [0.5, 0.6) is 0 Å². The summed E-state index contributed by atoms with van der Waals surface area (Å²) in [6.45, 7) is 12.2. The number of hydrazone groups is 1. The fraction of sp³-hybridized carbons (Fsp3) is 0.400. The molecule has 0 saturated heterocycles. The van der Waals surface area contributed by atoms with Crippen molar-refractivity contribution in [3.63, 3.8) is 0 Å². The van der Waals surface area contributed by atoms with Crippen LogP contribution in [-0.4, -0.2) is 29.6 Å². The molecular weight excluding hydrogens is 437 g/mol. The van der Waals surface area contributed by atoms with Crippen molar-refractivity contribution in [2.24, 2.45) is 16.8 Å². The van der Waals surface area contributed by atoms with E-state index in [0.717, 1.165) is 58.0 Å². The van der Waals surface area contributed by atoms with Gasteiger partial charge in [0.05, 0.1) is 11.4 Å². The van der Waals surface area contributed by atoms with Crippen molar-refractivity contribution in [3.05, 3.63) is 88.4 Å². The molecule has 4 nitrogen and oxygen atoms in total. The molecule has 0 amide bonds. The number of carbonyl (C=O) groups excluding carboxylic acids is 1. The van der Waals surface area contributed by atoms with Gasteiger partial charge < -0.3 is 5.73 Å². The summed E-state index contributed by atoms with van der Waals surface area (Å²) in [7, 11) is 1.82. The summed E-state index contributed by atoms with van der Waals surface area (Å²) in [6, 6.07) is 12.6. The molecule has 35 heavy (non-hydrogen) atoms. The van der Waals surface area contributed by atoms with Gasteiger partial charge in [0.1, 0.15) is 5.82 Å². The average Bonchev–Trinajstić information content (AvgIpc) is 2.93. The number of carbonyl (C=O) groups is 1. The summed E-state index contributed by atoms with van der Waals surface area (Å²) in [5.41, 5.74) is 12.4. The molecule has 0 saturated carbocycles. The quantitative estimate of drug-likeness (QED) is 0.469. The summed E-state index contributed by atoms with van der Waals surface area (Å²) in [6.07, 6.45) is 6.57. The van der Waals surface area contributed by atoms with E-state index in [1.807, 2.05) is 26.1 Å². The van der Waals surface area contributed by atoms with Crippen LogP contribution in [0.25, 0.3) is 5.57 Å². The Balaban J connectivity index is 0.000000784. The SMILES string of the molecule is C/C=C1\C(=C/C(C)=O)N(C)N=C(c2ccc(F)cc2)c2ccc(CC(N)CC)cc21.CCC(C)C. The van der Waals surface area contributed by atoms with Crippen molar-refractivity contribution in [2.75, 3.05) is 7.05 Å². The van der Waals surface area contributed by atoms with Gasteiger partial charge in [-0.15, -0.1) is 0 Å². The molecule has 0 radical (unpaired) electrons. The fourth-order valence-corrected chi connectivity index (χ4v) is 3.65. The molecule has 1 aliphatic heterocycles. The lowest BCUT2D eigenvalue weighted by molar-refractivity contribution is -0.112. The van der Waals surface area contributed by atoms with E-state index in [-0.39, 0.29) is 17.6 Å². The minimum atomic E-state index is -0.295. The highest BCUT2D eigenvalue weighted by Crippen LogP contribution is 2.34. The van der Waals surface area contributed by atoms with Gasteiger partial charge in [-0.1, -0.05) is 58.4 Å². The van der Waals surface area contributed by atoms with Crippen LogP contribution in [-0.2, 0) is 11.2 Å². The third-order valence-electron chi connectivity index (χ3n) is 6.09. The van der Waals surface area contributed by atoms with Crippen molar-refractivity contribution in [1.29, 1.82) is 0 Å². The number of likely N-dealkylation sites (N-methyl/N-ethyl adjacent to an activating group) is 1. The topological polar surface area (TPSA) is 58.7 Å². The molecule has 1 heterocycles. The molecule has 0 spiro atoms. The minimum Gasteiger partial charge on any atom is -0.327 e. The van der Waals surface area contributed by atoms with Gasteiger partial charge in [-0.2, -0.15) is 5.10 Å². The molecule has 1 aliphatic rings. The van der Waals surface area contributed by atoms with Crippen LogP contribution in [0, 0.1) is 11.7 Å². The number of allylic oxidation sites excluding steroid dienone is 3. The smallest absolute Gasteiger partial charge is 0.154 e. The molecule has 3 rings (SSSR count). The Morgan fingerprint density at radius 2 is 1.71 bits per heavy atom. The zero-order valence-electron chi connectivity index (χ0n) is 22.2. The molecule has 0 fully saturated rings. The summed E-state index contributed by atoms with van der Waals surface area (Å²) >= 11 is 0. The number of nitrogens with zero attached hydrogens (tertiary/aromatic N) is 2. The summed E-state index contributed by atoms with van der Waals surface area (Å²) in [5.74, 6) is 0.536. The van der Waals surface area contributed by atoms with Crippen LogP contribution >= 0.6 is 0 Å². The Labute approximate surface area is 210 Å². The third-order valence-corrected chi connectivity index (χ3v) is 6.09. The Bertz CT molecular complexity index is 1100. The fourth-order valence-electron chi connectivity index (χ4n) is 3.65. The van der Waals surface area contributed by atoms with E-state index in [1.54, 1.807) is 23.2 Å². The molecule has 1 unspecified atom stereocenters.